The van der Waals surface area contributed by atoms with Crippen molar-refractivity contribution < 1.29 is 25.0 Å². The zero-order valence-electron chi connectivity index (χ0n) is 14.1. The molecule has 5 heteroatoms. The third-order valence-electron chi connectivity index (χ3n) is 3.64. The largest absolute Gasteiger partial charge is 0.491 e. The van der Waals surface area contributed by atoms with Gasteiger partial charge in [0.1, 0.15) is 30.5 Å². The van der Waals surface area contributed by atoms with Crippen LogP contribution in [0.4, 0.5) is 0 Å². The topological polar surface area (TPSA) is 75.5 Å². The molecule has 0 unspecified atom stereocenters. The van der Waals surface area contributed by atoms with Crippen molar-refractivity contribution in [3.63, 3.8) is 0 Å². The van der Waals surface area contributed by atoms with E-state index >= 15 is 0 Å². The fourth-order valence-corrected chi connectivity index (χ4v) is 1.83. The van der Waals surface area contributed by atoms with Gasteiger partial charge in [0.2, 0.25) is 0 Å². The van der Waals surface area contributed by atoms with E-state index in [9.17, 15) is 5.11 Å². The van der Waals surface area contributed by atoms with E-state index in [2.05, 4.69) is 13.8 Å². The van der Waals surface area contributed by atoms with E-state index < -0.39 is 6.10 Å². The Kier molecular flexibility index (Phi) is 7.82. The van der Waals surface area contributed by atoms with Crippen LogP contribution in [0.1, 0.15) is 25.0 Å². The molecule has 0 aliphatic carbocycles. The lowest BCUT2D eigenvalue weighted by Crippen LogP contribution is -2.97. The van der Waals surface area contributed by atoms with Crippen LogP contribution in [0.5, 0.6) is 5.75 Å². The summed E-state index contributed by atoms with van der Waals surface area (Å²) in [6.07, 6.45) is -0.549. The molecular weight excluding hydrogens is 282 g/mol. The molecule has 0 bridgehead atoms. The van der Waals surface area contributed by atoms with Gasteiger partial charge in [-0.3, -0.25) is 0 Å². The number of hydrogen-bond acceptors (Lipinski definition) is 4. The van der Waals surface area contributed by atoms with Gasteiger partial charge in [-0.25, -0.2) is 0 Å². The molecule has 1 aromatic carbocycles. The average Bonchev–Trinajstić information content (AvgIpc) is 2.48. The van der Waals surface area contributed by atoms with Crippen LogP contribution in [0.2, 0.25) is 0 Å². The van der Waals surface area contributed by atoms with Gasteiger partial charge in [-0.1, -0.05) is 6.07 Å². The lowest BCUT2D eigenvalue weighted by Gasteiger charge is -2.21. The lowest BCUT2D eigenvalue weighted by molar-refractivity contribution is -0.727. The summed E-state index contributed by atoms with van der Waals surface area (Å²) in [7, 11) is 0. The van der Waals surface area contributed by atoms with Gasteiger partial charge in [0.25, 0.3) is 0 Å². The molecule has 4 N–H and O–H groups in total. The van der Waals surface area contributed by atoms with E-state index in [4.69, 9.17) is 14.6 Å². The highest BCUT2D eigenvalue weighted by Crippen LogP contribution is 2.16. The number of hydrogen-bond donors (Lipinski definition) is 3. The Hall–Kier alpha value is -1.14. The van der Waals surface area contributed by atoms with Crippen LogP contribution in [0.25, 0.3) is 0 Å². The fraction of sp³-hybridized carbons (Fsp3) is 0.647. The highest BCUT2D eigenvalue weighted by molar-refractivity contribution is 5.33. The molecule has 0 spiro atoms. The Morgan fingerprint density at radius 1 is 1.18 bits per heavy atom. The van der Waals surface area contributed by atoms with Gasteiger partial charge in [0.05, 0.1) is 19.8 Å². The van der Waals surface area contributed by atoms with E-state index in [0.29, 0.717) is 19.8 Å². The standard InChI is InChI=1S/C17H29NO4/c1-13-5-6-16(9-14(13)2)22-8-7-21-11-15(20)10-18-17(3,4)12-19/h5-6,9,15,18-20H,7-8,10-12H2,1-4H3/p+1/t15-/m0/s1. The molecule has 0 fully saturated rings. The van der Waals surface area contributed by atoms with E-state index in [1.807, 2.05) is 37.4 Å². The molecule has 0 heterocycles. The first-order chi connectivity index (χ1) is 10.3. The summed E-state index contributed by atoms with van der Waals surface area (Å²) in [5.41, 5.74) is 2.18. The van der Waals surface area contributed by atoms with Crippen molar-refractivity contribution in [2.24, 2.45) is 0 Å². The number of ether oxygens (including phenoxy) is 2. The molecule has 0 radical (unpaired) electrons. The number of aliphatic hydroxyl groups excluding tert-OH is 2. The molecule has 1 aromatic rings. The van der Waals surface area contributed by atoms with Crippen LogP contribution >= 0.6 is 0 Å². The van der Waals surface area contributed by atoms with Crippen molar-refractivity contribution in [1.29, 1.82) is 0 Å². The van der Waals surface area contributed by atoms with Crippen molar-refractivity contribution >= 4 is 0 Å². The van der Waals surface area contributed by atoms with E-state index in [0.717, 1.165) is 5.75 Å². The van der Waals surface area contributed by atoms with Crippen molar-refractivity contribution in [2.45, 2.75) is 39.3 Å². The molecule has 1 rings (SSSR count). The summed E-state index contributed by atoms with van der Waals surface area (Å²) in [5, 5.41) is 20.9. The van der Waals surface area contributed by atoms with Gasteiger partial charge in [0, 0.05) is 0 Å². The summed E-state index contributed by atoms with van der Waals surface area (Å²) in [6, 6.07) is 5.99. The Morgan fingerprint density at radius 3 is 2.55 bits per heavy atom. The molecule has 0 aliphatic heterocycles. The van der Waals surface area contributed by atoms with Crippen LogP contribution in [0.15, 0.2) is 18.2 Å². The second-order valence-electron chi connectivity index (χ2n) is 6.41. The van der Waals surface area contributed by atoms with Crippen LogP contribution in [-0.2, 0) is 4.74 Å². The Balaban J connectivity index is 2.13. The molecule has 0 saturated carbocycles. The minimum atomic E-state index is -0.549. The van der Waals surface area contributed by atoms with Crippen LogP contribution in [0, 0.1) is 13.8 Å². The van der Waals surface area contributed by atoms with E-state index in [1.54, 1.807) is 0 Å². The van der Waals surface area contributed by atoms with Crippen molar-refractivity contribution in [3.05, 3.63) is 29.3 Å². The molecule has 1 atom stereocenters. The summed E-state index contributed by atoms with van der Waals surface area (Å²) in [5.74, 6) is 0.838. The molecule has 5 nitrogen and oxygen atoms in total. The first kappa shape index (κ1) is 18.9. The molecule has 0 saturated heterocycles. The Morgan fingerprint density at radius 2 is 1.91 bits per heavy atom. The number of aliphatic hydroxyl groups is 2. The summed E-state index contributed by atoms with van der Waals surface area (Å²) < 4.78 is 11.0. The van der Waals surface area contributed by atoms with Crippen LogP contribution in [0.3, 0.4) is 0 Å². The zero-order chi connectivity index (χ0) is 16.6. The maximum absolute atomic E-state index is 9.81. The Labute approximate surface area is 133 Å². The normalized spacial score (nSPS) is 13.2. The maximum Gasteiger partial charge on any atom is 0.126 e. The first-order valence-electron chi connectivity index (χ1n) is 7.75. The third kappa shape index (κ3) is 7.22. The van der Waals surface area contributed by atoms with Crippen molar-refractivity contribution in [1.82, 2.24) is 0 Å². The smallest absolute Gasteiger partial charge is 0.126 e. The number of aryl methyl sites for hydroxylation is 2. The highest BCUT2D eigenvalue weighted by atomic mass is 16.5. The van der Waals surface area contributed by atoms with Crippen molar-refractivity contribution in [2.75, 3.05) is 33.0 Å². The summed E-state index contributed by atoms with van der Waals surface area (Å²) >= 11 is 0. The van der Waals surface area contributed by atoms with E-state index in [-0.39, 0.29) is 18.8 Å². The van der Waals surface area contributed by atoms with Gasteiger partial charge in [-0.2, -0.15) is 0 Å². The molecular formula is C17H30NO4+. The van der Waals surface area contributed by atoms with Gasteiger partial charge in [-0.15, -0.1) is 0 Å². The quantitative estimate of drug-likeness (QED) is 0.547. The summed E-state index contributed by atoms with van der Waals surface area (Å²) in [4.78, 5) is 0. The van der Waals surface area contributed by atoms with Gasteiger partial charge in [0.15, 0.2) is 0 Å². The first-order valence-corrected chi connectivity index (χ1v) is 7.75. The third-order valence-corrected chi connectivity index (χ3v) is 3.64. The molecule has 0 aliphatic rings. The predicted octanol–water partition coefficient (Wildman–Crippen LogP) is 0.394. The van der Waals surface area contributed by atoms with Crippen LogP contribution < -0.4 is 10.1 Å². The van der Waals surface area contributed by atoms with Crippen molar-refractivity contribution in [3.8, 4) is 5.75 Å². The Bertz CT molecular complexity index is 448. The molecule has 0 aromatic heterocycles. The van der Waals surface area contributed by atoms with Gasteiger partial charge < -0.3 is 25.0 Å². The second-order valence-corrected chi connectivity index (χ2v) is 6.41. The number of quaternary nitrogens is 1. The molecule has 22 heavy (non-hydrogen) atoms. The average molecular weight is 312 g/mol. The fourth-order valence-electron chi connectivity index (χ4n) is 1.83. The second kappa shape index (κ2) is 9.10. The number of benzene rings is 1. The van der Waals surface area contributed by atoms with Crippen LogP contribution in [-0.4, -0.2) is 54.8 Å². The SMILES string of the molecule is Cc1ccc(OCCOC[C@@H](O)C[NH2+]C(C)(C)CO)cc1C. The van der Waals surface area contributed by atoms with Gasteiger partial charge in [-0.05, 0) is 51.0 Å². The maximum atomic E-state index is 9.81. The molecule has 0 amide bonds. The predicted molar refractivity (Wildman–Crippen MR) is 86.2 cm³/mol. The van der Waals surface area contributed by atoms with Gasteiger partial charge >= 0.3 is 0 Å². The summed E-state index contributed by atoms with van der Waals surface area (Å²) in [6.45, 7) is 9.73. The molecule has 126 valence electrons. The minimum absolute atomic E-state index is 0.0738. The monoisotopic (exact) mass is 312 g/mol. The number of nitrogens with two attached hydrogens (primary N) is 1. The highest BCUT2D eigenvalue weighted by Gasteiger charge is 2.21. The number of rotatable bonds is 10. The minimum Gasteiger partial charge on any atom is -0.491 e. The lowest BCUT2D eigenvalue weighted by atomic mass is 10.1. The zero-order valence-corrected chi connectivity index (χ0v) is 14.1. The van der Waals surface area contributed by atoms with E-state index in [1.165, 1.54) is 11.1 Å².